The van der Waals surface area contributed by atoms with Gasteiger partial charge in [0.15, 0.2) is 0 Å². The fourth-order valence-corrected chi connectivity index (χ4v) is 2.34. The summed E-state index contributed by atoms with van der Waals surface area (Å²) in [6.45, 7) is 3.21. The molecule has 0 bridgehead atoms. The molecule has 1 unspecified atom stereocenters. The normalized spacial score (nSPS) is 11.9. The predicted octanol–water partition coefficient (Wildman–Crippen LogP) is 2.27. The molecule has 0 radical (unpaired) electrons. The highest BCUT2D eigenvalue weighted by molar-refractivity contribution is 7.84. The maximum Gasteiger partial charge on any atom is 0.253 e. The minimum atomic E-state index is -0.821. The predicted molar refractivity (Wildman–Crippen MR) is 81.5 cm³/mol. The van der Waals surface area contributed by atoms with E-state index in [0.29, 0.717) is 29.3 Å². The van der Waals surface area contributed by atoms with Gasteiger partial charge >= 0.3 is 0 Å². The highest BCUT2D eigenvalue weighted by Crippen LogP contribution is 2.20. The van der Waals surface area contributed by atoms with Crippen molar-refractivity contribution >= 4 is 34.0 Å². The van der Waals surface area contributed by atoms with Gasteiger partial charge in [0.25, 0.3) is 5.91 Å². The number of rotatable bonds is 7. The van der Waals surface area contributed by atoms with Crippen molar-refractivity contribution < 1.29 is 9.00 Å². The number of carbonyl (C=O) groups excluding carboxylic acids is 1. The van der Waals surface area contributed by atoms with Crippen molar-refractivity contribution in [1.82, 2.24) is 5.32 Å². The number of hydrogen-bond acceptors (Lipinski definition) is 3. The summed E-state index contributed by atoms with van der Waals surface area (Å²) >= 11 is 5.92. The molecule has 19 heavy (non-hydrogen) atoms. The molecule has 0 aliphatic carbocycles. The van der Waals surface area contributed by atoms with Gasteiger partial charge in [0.05, 0.1) is 5.56 Å². The van der Waals surface area contributed by atoms with E-state index in [0.717, 1.165) is 12.2 Å². The molecule has 1 amide bonds. The Morgan fingerprint density at radius 1 is 1.42 bits per heavy atom. The molecule has 1 rings (SSSR count). The van der Waals surface area contributed by atoms with Crippen molar-refractivity contribution in [3.8, 4) is 0 Å². The monoisotopic (exact) mass is 302 g/mol. The minimum absolute atomic E-state index is 0.166. The van der Waals surface area contributed by atoms with E-state index >= 15 is 0 Å². The molecule has 6 heteroatoms. The smallest absolute Gasteiger partial charge is 0.253 e. The number of benzene rings is 1. The second-order valence-electron chi connectivity index (χ2n) is 4.11. The summed E-state index contributed by atoms with van der Waals surface area (Å²) in [5, 5.41) is 6.46. The van der Waals surface area contributed by atoms with E-state index < -0.39 is 10.8 Å². The molecule has 0 aliphatic heterocycles. The Bertz CT molecular complexity index is 466. The summed E-state index contributed by atoms with van der Waals surface area (Å²) in [5.74, 6) is 0.427. The van der Waals surface area contributed by atoms with Gasteiger partial charge in [-0.05, 0) is 31.5 Å². The second kappa shape index (κ2) is 8.17. The zero-order valence-corrected chi connectivity index (χ0v) is 12.7. The fraction of sp³-hybridized carbons (Fsp3) is 0.462. The van der Waals surface area contributed by atoms with Crippen LogP contribution < -0.4 is 10.6 Å². The minimum Gasteiger partial charge on any atom is -0.385 e. The van der Waals surface area contributed by atoms with E-state index in [9.17, 15) is 9.00 Å². The van der Waals surface area contributed by atoms with Crippen LogP contribution in [0.3, 0.4) is 0 Å². The average Bonchev–Trinajstić information content (AvgIpc) is 2.36. The van der Waals surface area contributed by atoms with Crippen LogP contribution in [0.4, 0.5) is 5.69 Å². The van der Waals surface area contributed by atoms with Gasteiger partial charge in [-0.2, -0.15) is 0 Å². The molecule has 1 aromatic rings. The number of amides is 1. The quantitative estimate of drug-likeness (QED) is 0.760. The van der Waals surface area contributed by atoms with Crippen molar-refractivity contribution in [2.24, 2.45) is 0 Å². The number of halogens is 1. The van der Waals surface area contributed by atoms with E-state index in [1.807, 2.05) is 6.92 Å². The van der Waals surface area contributed by atoms with Crippen LogP contribution >= 0.6 is 11.6 Å². The van der Waals surface area contributed by atoms with Gasteiger partial charge in [0, 0.05) is 46.6 Å². The highest BCUT2D eigenvalue weighted by atomic mass is 35.5. The first-order valence-corrected chi connectivity index (χ1v) is 8.26. The van der Waals surface area contributed by atoms with Crippen molar-refractivity contribution in [1.29, 1.82) is 0 Å². The number of hydrogen-bond donors (Lipinski definition) is 2. The summed E-state index contributed by atoms with van der Waals surface area (Å²) in [7, 11) is -0.821. The van der Waals surface area contributed by atoms with Crippen LogP contribution in [0.2, 0.25) is 5.02 Å². The van der Waals surface area contributed by atoms with Gasteiger partial charge in [0.2, 0.25) is 0 Å². The maximum absolute atomic E-state index is 12.1. The Balaban J connectivity index is 2.64. The van der Waals surface area contributed by atoms with Crippen molar-refractivity contribution in [2.75, 3.05) is 30.4 Å². The Morgan fingerprint density at radius 3 is 2.79 bits per heavy atom. The standard InChI is InChI=1S/C13H19ClN2O2S/c1-3-15-12-6-5-10(14)9-11(12)13(17)16-7-4-8-19(2)18/h5-6,9,15H,3-4,7-8H2,1-2H3,(H,16,17). The molecule has 0 spiro atoms. The van der Waals surface area contributed by atoms with Crippen molar-refractivity contribution in [3.05, 3.63) is 28.8 Å². The zero-order chi connectivity index (χ0) is 14.3. The highest BCUT2D eigenvalue weighted by Gasteiger charge is 2.11. The van der Waals surface area contributed by atoms with Crippen LogP contribution in [-0.2, 0) is 10.8 Å². The first-order chi connectivity index (χ1) is 9.04. The van der Waals surface area contributed by atoms with Gasteiger partial charge in [-0.25, -0.2) is 0 Å². The molecule has 2 N–H and O–H groups in total. The van der Waals surface area contributed by atoms with Gasteiger partial charge in [-0.1, -0.05) is 11.6 Å². The summed E-state index contributed by atoms with van der Waals surface area (Å²) < 4.78 is 10.9. The van der Waals surface area contributed by atoms with Crippen LogP contribution in [0.25, 0.3) is 0 Å². The number of nitrogens with one attached hydrogen (secondary N) is 2. The number of anilines is 1. The second-order valence-corrected chi connectivity index (χ2v) is 6.10. The van der Waals surface area contributed by atoms with Crippen LogP contribution in [0, 0.1) is 0 Å². The van der Waals surface area contributed by atoms with Gasteiger partial charge in [-0.3, -0.25) is 9.00 Å². The average molecular weight is 303 g/mol. The van der Waals surface area contributed by atoms with Gasteiger partial charge in [-0.15, -0.1) is 0 Å². The van der Waals surface area contributed by atoms with Gasteiger partial charge < -0.3 is 10.6 Å². The van der Waals surface area contributed by atoms with Crippen LogP contribution in [0.1, 0.15) is 23.7 Å². The molecule has 1 atom stereocenters. The lowest BCUT2D eigenvalue weighted by Gasteiger charge is -2.11. The Labute approximate surface area is 121 Å². The van der Waals surface area contributed by atoms with E-state index in [1.54, 1.807) is 24.5 Å². The summed E-state index contributed by atoms with van der Waals surface area (Å²) in [4.78, 5) is 12.1. The maximum atomic E-state index is 12.1. The fourth-order valence-electron chi connectivity index (χ4n) is 1.62. The lowest BCUT2D eigenvalue weighted by atomic mass is 10.1. The molecule has 0 fully saturated rings. The SMILES string of the molecule is CCNc1ccc(Cl)cc1C(=O)NCCCS(C)=O. The van der Waals surface area contributed by atoms with Gasteiger partial charge in [0.1, 0.15) is 0 Å². The molecular weight excluding hydrogens is 284 g/mol. The molecule has 106 valence electrons. The molecule has 0 heterocycles. The van der Waals surface area contributed by atoms with E-state index in [1.165, 1.54) is 0 Å². The largest absolute Gasteiger partial charge is 0.385 e. The van der Waals surface area contributed by atoms with Crippen LogP contribution in [-0.4, -0.2) is 35.2 Å². The summed E-state index contributed by atoms with van der Waals surface area (Å²) in [5.41, 5.74) is 1.30. The Hall–Kier alpha value is -1.07. The lowest BCUT2D eigenvalue weighted by molar-refractivity contribution is 0.0954. The zero-order valence-electron chi connectivity index (χ0n) is 11.2. The topological polar surface area (TPSA) is 58.2 Å². The van der Waals surface area contributed by atoms with Crippen LogP contribution in [0.15, 0.2) is 18.2 Å². The third-order valence-electron chi connectivity index (χ3n) is 2.49. The molecule has 0 saturated carbocycles. The molecular formula is C13H19ClN2O2S. The molecule has 0 saturated heterocycles. The van der Waals surface area contributed by atoms with Crippen molar-refractivity contribution in [3.63, 3.8) is 0 Å². The van der Waals surface area contributed by atoms with E-state index in [4.69, 9.17) is 11.6 Å². The summed E-state index contributed by atoms with van der Waals surface area (Å²) in [6.07, 6.45) is 2.36. The Morgan fingerprint density at radius 2 is 2.16 bits per heavy atom. The molecule has 0 aromatic heterocycles. The molecule has 4 nitrogen and oxygen atoms in total. The first-order valence-electron chi connectivity index (χ1n) is 6.16. The Kier molecular flexibility index (Phi) is 6.87. The lowest BCUT2D eigenvalue weighted by Crippen LogP contribution is -2.26. The molecule has 0 aliphatic rings. The van der Waals surface area contributed by atoms with Crippen molar-refractivity contribution in [2.45, 2.75) is 13.3 Å². The third-order valence-corrected chi connectivity index (χ3v) is 3.59. The third kappa shape index (κ3) is 5.61. The van der Waals surface area contributed by atoms with E-state index in [2.05, 4.69) is 10.6 Å². The number of carbonyl (C=O) groups is 1. The van der Waals surface area contributed by atoms with E-state index in [-0.39, 0.29) is 5.91 Å². The summed E-state index contributed by atoms with van der Waals surface area (Å²) in [6, 6.07) is 5.19. The molecule has 1 aromatic carbocycles. The first kappa shape index (κ1) is 16.0. The van der Waals surface area contributed by atoms with Crippen LogP contribution in [0.5, 0.6) is 0 Å².